The summed E-state index contributed by atoms with van der Waals surface area (Å²) in [5, 5.41) is 17.8. The second kappa shape index (κ2) is 5.12. The third kappa shape index (κ3) is 2.72. The summed E-state index contributed by atoms with van der Waals surface area (Å²) in [5.74, 6) is -0.464. The van der Waals surface area contributed by atoms with E-state index < -0.39 is 12.1 Å². The molecule has 2 aliphatic rings. The Hall–Kier alpha value is -0.650. The second-order valence-corrected chi connectivity index (χ2v) is 4.76. The molecule has 5 heteroatoms. The first-order valence-electron chi connectivity index (χ1n) is 5.90. The molecule has 3 atom stereocenters. The maximum atomic E-state index is 10.7. The van der Waals surface area contributed by atoms with E-state index in [4.69, 9.17) is 14.9 Å². The van der Waals surface area contributed by atoms with E-state index >= 15 is 0 Å². The molecule has 0 amide bonds. The average Bonchev–Trinajstić information content (AvgIpc) is 2.87. The number of carboxylic acids is 1. The number of likely N-dealkylation sites (tertiary alicyclic amines) is 1. The van der Waals surface area contributed by atoms with Crippen LogP contribution in [-0.2, 0) is 9.53 Å². The van der Waals surface area contributed by atoms with Crippen molar-refractivity contribution in [1.29, 1.82) is 0 Å². The smallest absolute Gasteiger partial charge is 0.332 e. The van der Waals surface area contributed by atoms with Gasteiger partial charge in [-0.15, -0.1) is 0 Å². The number of hydrogen-bond acceptors (Lipinski definition) is 4. The van der Waals surface area contributed by atoms with Gasteiger partial charge in [0.2, 0.25) is 0 Å². The van der Waals surface area contributed by atoms with Crippen LogP contribution in [0, 0.1) is 5.92 Å². The fraction of sp³-hybridized carbons (Fsp3) is 0.909. The van der Waals surface area contributed by atoms with Gasteiger partial charge < -0.3 is 19.8 Å². The molecule has 0 aromatic carbocycles. The summed E-state index contributed by atoms with van der Waals surface area (Å²) in [7, 11) is 0. The number of rotatable bonds is 4. The van der Waals surface area contributed by atoms with Crippen LogP contribution in [0.4, 0.5) is 0 Å². The average molecular weight is 229 g/mol. The molecule has 5 nitrogen and oxygen atoms in total. The Morgan fingerprint density at radius 3 is 2.75 bits per heavy atom. The molecule has 2 aliphatic heterocycles. The highest BCUT2D eigenvalue weighted by Crippen LogP contribution is 2.23. The molecular weight excluding hydrogens is 210 g/mol. The van der Waals surface area contributed by atoms with E-state index in [1.807, 2.05) is 0 Å². The third-order valence-electron chi connectivity index (χ3n) is 3.47. The maximum Gasteiger partial charge on any atom is 0.332 e. The van der Waals surface area contributed by atoms with Crippen molar-refractivity contribution in [2.24, 2.45) is 5.92 Å². The van der Waals surface area contributed by atoms with Crippen LogP contribution in [-0.4, -0.2) is 59.5 Å². The quantitative estimate of drug-likeness (QED) is 0.706. The lowest BCUT2D eigenvalue weighted by atomic mass is 10.1. The molecule has 2 saturated heterocycles. The summed E-state index contributed by atoms with van der Waals surface area (Å²) < 4.78 is 5.45. The van der Waals surface area contributed by atoms with Crippen molar-refractivity contribution in [3.8, 4) is 0 Å². The van der Waals surface area contributed by atoms with Gasteiger partial charge in [-0.1, -0.05) is 0 Å². The van der Waals surface area contributed by atoms with E-state index in [9.17, 15) is 4.79 Å². The first-order chi connectivity index (χ1) is 7.69. The fourth-order valence-electron chi connectivity index (χ4n) is 2.54. The van der Waals surface area contributed by atoms with Crippen molar-refractivity contribution < 1.29 is 19.7 Å². The van der Waals surface area contributed by atoms with Crippen molar-refractivity contribution in [3.05, 3.63) is 0 Å². The molecule has 0 saturated carbocycles. The minimum absolute atomic E-state index is 0.0542. The summed E-state index contributed by atoms with van der Waals surface area (Å²) in [6.07, 6.45) is 1.93. The molecule has 2 rings (SSSR count). The van der Waals surface area contributed by atoms with Gasteiger partial charge in [0, 0.05) is 19.7 Å². The lowest BCUT2D eigenvalue weighted by Gasteiger charge is -2.20. The largest absolute Gasteiger partial charge is 0.479 e. The number of carbonyl (C=O) groups is 1. The lowest BCUT2D eigenvalue weighted by Crippen LogP contribution is -2.32. The summed E-state index contributed by atoms with van der Waals surface area (Å²) in [4.78, 5) is 13.0. The Morgan fingerprint density at radius 1 is 1.38 bits per heavy atom. The standard InChI is InChI=1S/C11H19NO4/c13-7-8-3-4-12(5-8)6-9-1-2-10(16-9)11(14)15/h8-10,13H,1-7H2,(H,14,15). The topological polar surface area (TPSA) is 70.0 Å². The molecule has 2 fully saturated rings. The monoisotopic (exact) mass is 229 g/mol. The van der Waals surface area contributed by atoms with Gasteiger partial charge in [-0.25, -0.2) is 4.79 Å². The van der Waals surface area contributed by atoms with E-state index in [0.29, 0.717) is 12.3 Å². The Labute approximate surface area is 95.0 Å². The van der Waals surface area contributed by atoms with Crippen LogP contribution in [0.3, 0.4) is 0 Å². The molecule has 2 heterocycles. The molecule has 2 N–H and O–H groups in total. The van der Waals surface area contributed by atoms with Gasteiger partial charge >= 0.3 is 5.97 Å². The summed E-state index contributed by atoms with van der Waals surface area (Å²) in [5.41, 5.74) is 0. The van der Waals surface area contributed by atoms with Crippen molar-refractivity contribution in [1.82, 2.24) is 4.90 Å². The van der Waals surface area contributed by atoms with Crippen LogP contribution in [0.1, 0.15) is 19.3 Å². The molecule has 0 radical (unpaired) electrons. The Balaban J connectivity index is 1.73. The highest BCUT2D eigenvalue weighted by molar-refractivity contribution is 5.72. The van der Waals surface area contributed by atoms with E-state index in [2.05, 4.69) is 4.90 Å². The molecule has 0 aliphatic carbocycles. The highest BCUT2D eigenvalue weighted by atomic mass is 16.5. The molecular formula is C11H19NO4. The van der Waals surface area contributed by atoms with Gasteiger partial charge in [0.05, 0.1) is 6.10 Å². The number of aliphatic hydroxyl groups excluding tert-OH is 1. The van der Waals surface area contributed by atoms with E-state index in [1.54, 1.807) is 0 Å². The summed E-state index contributed by atoms with van der Waals surface area (Å²) in [6, 6.07) is 0. The summed E-state index contributed by atoms with van der Waals surface area (Å²) in [6.45, 7) is 2.96. The van der Waals surface area contributed by atoms with Crippen molar-refractivity contribution >= 4 is 5.97 Å². The van der Waals surface area contributed by atoms with E-state index in [1.165, 1.54) is 0 Å². The molecule has 3 unspecified atom stereocenters. The minimum atomic E-state index is -0.850. The number of nitrogens with zero attached hydrogens (tertiary/aromatic N) is 1. The van der Waals surface area contributed by atoms with Gasteiger partial charge in [0.25, 0.3) is 0 Å². The van der Waals surface area contributed by atoms with Crippen LogP contribution in [0.15, 0.2) is 0 Å². The van der Waals surface area contributed by atoms with Gasteiger partial charge in [-0.05, 0) is 31.7 Å². The number of carboxylic acid groups (broad SMARTS) is 1. The van der Waals surface area contributed by atoms with Gasteiger partial charge in [0.1, 0.15) is 0 Å². The first-order valence-corrected chi connectivity index (χ1v) is 5.90. The van der Waals surface area contributed by atoms with E-state index in [0.717, 1.165) is 32.5 Å². The Kier molecular flexibility index (Phi) is 3.78. The summed E-state index contributed by atoms with van der Waals surface area (Å²) >= 11 is 0. The number of aliphatic hydroxyl groups is 1. The van der Waals surface area contributed by atoms with Crippen molar-refractivity contribution in [2.75, 3.05) is 26.2 Å². The van der Waals surface area contributed by atoms with Gasteiger partial charge in [-0.2, -0.15) is 0 Å². The zero-order valence-corrected chi connectivity index (χ0v) is 9.34. The fourth-order valence-corrected chi connectivity index (χ4v) is 2.54. The van der Waals surface area contributed by atoms with Crippen molar-refractivity contribution in [2.45, 2.75) is 31.5 Å². The highest BCUT2D eigenvalue weighted by Gasteiger charge is 2.32. The van der Waals surface area contributed by atoms with Crippen LogP contribution in [0.2, 0.25) is 0 Å². The molecule has 0 aromatic rings. The van der Waals surface area contributed by atoms with Crippen LogP contribution >= 0.6 is 0 Å². The molecule has 0 aromatic heterocycles. The van der Waals surface area contributed by atoms with Gasteiger partial charge in [0.15, 0.2) is 6.10 Å². The van der Waals surface area contributed by atoms with Crippen molar-refractivity contribution in [3.63, 3.8) is 0 Å². The maximum absolute atomic E-state index is 10.7. The lowest BCUT2D eigenvalue weighted by molar-refractivity contribution is -0.149. The molecule has 92 valence electrons. The minimum Gasteiger partial charge on any atom is -0.479 e. The first kappa shape index (κ1) is 11.8. The SMILES string of the molecule is O=C(O)C1CCC(CN2CCC(CO)C2)O1. The number of hydrogen-bond donors (Lipinski definition) is 2. The Bertz CT molecular complexity index is 258. The van der Waals surface area contributed by atoms with Crippen LogP contribution in [0.25, 0.3) is 0 Å². The zero-order valence-electron chi connectivity index (χ0n) is 9.34. The zero-order chi connectivity index (χ0) is 11.5. The van der Waals surface area contributed by atoms with E-state index in [-0.39, 0.29) is 12.7 Å². The van der Waals surface area contributed by atoms with Gasteiger partial charge in [-0.3, -0.25) is 0 Å². The van der Waals surface area contributed by atoms with Crippen LogP contribution < -0.4 is 0 Å². The normalized spacial score (nSPS) is 35.7. The molecule has 0 bridgehead atoms. The molecule has 16 heavy (non-hydrogen) atoms. The third-order valence-corrected chi connectivity index (χ3v) is 3.47. The number of aliphatic carboxylic acids is 1. The Morgan fingerprint density at radius 2 is 2.19 bits per heavy atom. The predicted molar refractivity (Wildman–Crippen MR) is 57.2 cm³/mol. The molecule has 0 spiro atoms. The second-order valence-electron chi connectivity index (χ2n) is 4.76. The van der Waals surface area contributed by atoms with Crippen LogP contribution in [0.5, 0.6) is 0 Å². The number of ether oxygens (including phenoxy) is 1. The predicted octanol–water partition coefficient (Wildman–Crippen LogP) is -0.0672.